The first kappa shape index (κ1) is 12.4. The van der Waals surface area contributed by atoms with Crippen molar-refractivity contribution in [3.8, 4) is 0 Å². The van der Waals surface area contributed by atoms with Crippen LogP contribution < -0.4 is 5.73 Å². The van der Waals surface area contributed by atoms with Crippen LogP contribution in [0.4, 0.5) is 0 Å². The number of hydrogen-bond donors (Lipinski definition) is 1. The van der Waals surface area contributed by atoms with Crippen molar-refractivity contribution in [2.75, 3.05) is 6.54 Å². The molecule has 1 aliphatic carbocycles. The molecule has 1 aromatic carbocycles. The molecule has 3 heteroatoms. The summed E-state index contributed by atoms with van der Waals surface area (Å²) in [5, 5.41) is 6.78. The summed E-state index contributed by atoms with van der Waals surface area (Å²) in [4.78, 5) is 0. The van der Waals surface area contributed by atoms with Gasteiger partial charge in [0.05, 0.1) is 5.71 Å². The molecule has 3 nitrogen and oxygen atoms in total. The third-order valence-corrected chi connectivity index (χ3v) is 4.10. The Hall–Kier alpha value is -1.61. The molecule has 0 radical (unpaired) electrons. The molecule has 3 rings (SSSR count). The van der Waals surface area contributed by atoms with Crippen LogP contribution in [0.25, 0.3) is 6.08 Å². The number of hydrogen-bond acceptors (Lipinski definition) is 3. The molecule has 1 saturated carbocycles. The van der Waals surface area contributed by atoms with Crippen molar-refractivity contribution in [2.45, 2.75) is 32.4 Å². The van der Waals surface area contributed by atoms with E-state index in [1.165, 1.54) is 29.7 Å². The van der Waals surface area contributed by atoms with Gasteiger partial charge in [-0.3, -0.25) is 5.01 Å². The van der Waals surface area contributed by atoms with Gasteiger partial charge in [0.2, 0.25) is 0 Å². The van der Waals surface area contributed by atoms with Gasteiger partial charge in [0.1, 0.15) is 6.17 Å². The lowest BCUT2D eigenvalue weighted by Crippen LogP contribution is -2.42. The van der Waals surface area contributed by atoms with Crippen molar-refractivity contribution in [3.05, 3.63) is 41.5 Å². The molecule has 0 saturated heterocycles. The average Bonchev–Trinajstić information content (AvgIpc) is 2.78. The van der Waals surface area contributed by atoms with Crippen molar-refractivity contribution >= 4 is 11.8 Å². The highest BCUT2D eigenvalue weighted by Crippen LogP contribution is 2.34. The van der Waals surface area contributed by atoms with Gasteiger partial charge >= 0.3 is 0 Å². The lowest BCUT2D eigenvalue weighted by atomic mass is 9.82. The molecule has 0 bridgehead atoms. The van der Waals surface area contributed by atoms with Gasteiger partial charge in [0.15, 0.2) is 0 Å². The molecule has 1 aromatic rings. The summed E-state index contributed by atoms with van der Waals surface area (Å²) < 4.78 is 0. The minimum Gasteiger partial charge on any atom is -0.309 e. The van der Waals surface area contributed by atoms with Crippen LogP contribution in [0, 0.1) is 5.92 Å². The number of benzene rings is 1. The fourth-order valence-corrected chi connectivity index (χ4v) is 3.08. The minimum absolute atomic E-state index is 0.0690. The van der Waals surface area contributed by atoms with E-state index >= 15 is 0 Å². The number of hydrazone groups is 1. The smallest absolute Gasteiger partial charge is 0.102 e. The molecule has 2 unspecified atom stereocenters. The Morgan fingerprint density at radius 2 is 2.16 bits per heavy atom. The van der Waals surface area contributed by atoms with Crippen molar-refractivity contribution in [1.29, 1.82) is 0 Å². The van der Waals surface area contributed by atoms with Gasteiger partial charge in [-0.2, -0.15) is 5.10 Å². The lowest BCUT2D eigenvalue weighted by Gasteiger charge is -2.26. The molecule has 0 aromatic heterocycles. The molecule has 0 spiro atoms. The summed E-state index contributed by atoms with van der Waals surface area (Å²) in [5.41, 5.74) is 10.1. The van der Waals surface area contributed by atoms with Gasteiger partial charge in [0, 0.05) is 12.5 Å². The SMILES string of the molecule is CCN1N=C2C(=Cc3ccccc3)CCCC2C1N. The number of rotatable bonds is 2. The Bertz CT molecular complexity index is 504. The van der Waals surface area contributed by atoms with Crippen LogP contribution in [-0.4, -0.2) is 23.4 Å². The van der Waals surface area contributed by atoms with Gasteiger partial charge in [-0.15, -0.1) is 0 Å². The average molecular weight is 255 g/mol. The zero-order valence-electron chi connectivity index (χ0n) is 11.4. The van der Waals surface area contributed by atoms with Gasteiger partial charge in [-0.05, 0) is 43.4 Å². The van der Waals surface area contributed by atoms with Crippen LogP contribution in [0.1, 0.15) is 31.7 Å². The zero-order chi connectivity index (χ0) is 13.2. The first-order valence-electron chi connectivity index (χ1n) is 7.16. The second kappa shape index (κ2) is 5.17. The van der Waals surface area contributed by atoms with Gasteiger partial charge in [-0.25, -0.2) is 0 Å². The van der Waals surface area contributed by atoms with E-state index < -0.39 is 0 Å². The molecule has 1 fully saturated rings. The second-order valence-corrected chi connectivity index (χ2v) is 5.31. The summed E-state index contributed by atoms with van der Waals surface area (Å²) in [6.07, 6.45) is 5.85. The van der Waals surface area contributed by atoms with Crippen LogP contribution in [0.5, 0.6) is 0 Å². The quantitative estimate of drug-likeness (QED) is 0.883. The summed E-state index contributed by atoms with van der Waals surface area (Å²) in [6, 6.07) is 10.5. The van der Waals surface area contributed by atoms with Gasteiger partial charge < -0.3 is 5.73 Å². The fraction of sp³-hybridized carbons (Fsp3) is 0.438. The number of nitrogens with zero attached hydrogens (tertiary/aromatic N) is 2. The summed E-state index contributed by atoms with van der Waals surface area (Å²) in [7, 11) is 0. The van der Waals surface area contributed by atoms with Crippen LogP contribution >= 0.6 is 0 Å². The monoisotopic (exact) mass is 255 g/mol. The molecule has 19 heavy (non-hydrogen) atoms. The lowest BCUT2D eigenvalue weighted by molar-refractivity contribution is 0.210. The first-order valence-corrected chi connectivity index (χ1v) is 7.16. The third-order valence-electron chi connectivity index (χ3n) is 4.10. The molecule has 0 amide bonds. The Labute approximate surface area is 114 Å². The van der Waals surface area contributed by atoms with E-state index in [-0.39, 0.29) is 6.17 Å². The maximum Gasteiger partial charge on any atom is 0.102 e. The standard InChI is InChI=1S/C16H21N3/c1-2-19-16(17)14-10-6-9-13(15(14)18-19)11-12-7-4-3-5-8-12/h3-5,7-8,11,14,16H,2,6,9-10,17H2,1H3. The molecule has 100 valence electrons. The summed E-state index contributed by atoms with van der Waals surface area (Å²) in [5.74, 6) is 0.420. The van der Waals surface area contributed by atoms with E-state index in [4.69, 9.17) is 10.8 Å². The molecule has 2 atom stereocenters. The highest BCUT2D eigenvalue weighted by Gasteiger charge is 2.37. The maximum absolute atomic E-state index is 6.28. The van der Waals surface area contributed by atoms with Crippen LogP contribution in [0.2, 0.25) is 0 Å². The second-order valence-electron chi connectivity index (χ2n) is 5.31. The zero-order valence-corrected chi connectivity index (χ0v) is 11.4. The Balaban J connectivity index is 1.92. The number of allylic oxidation sites excluding steroid dienone is 1. The van der Waals surface area contributed by atoms with E-state index in [1.54, 1.807) is 0 Å². The molecular formula is C16H21N3. The Morgan fingerprint density at radius 3 is 2.89 bits per heavy atom. The third kappa shape index (κ3) is 2.30. The number of nitrogens with two attached hydrogens (primary N) is 1. The maximum atomic E-state index is 6.28. The molecule has 2 aliphatic rings. The fourth-order valence-electron chi connectivity index (χ4n) is 3.08. The summed E-state index contributed by atoms with van der Waals surface area (Å²) in [6.45, 7) is 3.00. The normalized spacial score (nSPS) is 28.4. The molecule has 2 N–H and O–H groups in total. The Morgan fingerprint density at radius 1 is 1.37 bits per heavy atom. The summed E-state index contributed by atoms with van der Waals surface area (Å²) >= 11 is 0. The van der Waals surface area contributed by atoms with Gasteiger partial charge in [0.25, 0.3) is 0 Å². The van der Waals surface area contributed by atoms with E-state index in [0.717, 1.165) is 13.0 Å². The van der Waals surface area contributed by atoms with Crippen LogP contribution in [0.3, 0.4) is 0 Å². The first-order chi connectivity index (χ1) is 9.29. The van der Waals surface area contributed by atoms with E-state index in [1.807, 2.05) is 11.1 Å². The predicted octanol–water partition coefficient (Wildman–Crippen LogP) is 2.85. The van der Waals surface area contributed by atoms with Crippen LogP contribution in [0.15, 0.2) is 41.0 Å². The molecular weight excluding hydrogens is 234 g/mol. The largest absolute Gasteiger partial charge is 0.309 e. The van der Waals surface area contributed by atoms with Crippen molar-refractivity contribution in [3.63, 3.8) is 0 Å². The van der Waals surface area contributed by atoms with Gasteiger partial charge in [-0.1, -0.05) is 30.3 Å². The minimum atomic E-state index is 0.0690. The highest BCUT2D eigenvalue weighted by molar-refractivity contribution is 6.06. The predicted molar refractivity (Wildman–Crippen MR) is 79.6 cm³/mol. The topological polar surface area (TPSA) is 41.6 Å². The Kier molecular flexibility index (Phi) is 3.38. The number of fused-ring (bicyclic) bond motifs is 1. The van der Waals surface area contributed by atoms with Crippen molar-refractivity contribution < 1.29 is 0 Å². The van der Waals surface area contributed by atoms with E-state index in [0.29, 0.717) is 5.92 Å². The van der Waals surface area contributed by atoms with Crippen molar-refractivity contribution in [1.82, 2.24) is 5.01 Å². The van der Waals surface area contributed by atoms with Crippen LogP contribution in [-0.2, 0) is 0 Å². The molecule has 1 heterocycles. The van der Waals surface area contributed by atoms with E-state index in [9.17, 15) is 0 Å². The highest BCUT2D eigenvalue weighted by atomic mass is 15.5. The van der Waals surface area contributed by atoms with Crippen molar-refractivity contribution in [2.24, 2.45) is 16.8 Å². The van der Waals surface area contributed by atoms with E-state index in [2.05, 4.69) is 37.3 Å². The molecule has 1 aliphatic heterocycles.